The number of aliphatic hydroxyl groups is 1. The minimum Gasteiger partial charge on any atom is -0.484 e. The van der Waals surface area contributed by atoms with Crippen LogP contribution in [0, 0.1) is 17.7 Å². The summed E-state index contributed by atoms with van der Waals surface area (Å²) in [7, 11) is 3.96. The van der Waals surface area contributed by atoms with Crippen LogP contribution in [0.4, 0.5) is 4.39 Å². The standard InChI is InChI=1S/C16H23FN2O3/c1-18(2)7-12-8-19(9-13(12)10-20)16(21)11-22-15-5-3-4-14(17)6-15/h3-6,12-13,20H,7-11H2,1-2H3/t12-,13-/m1/s1. The van der Waals surface area contributed by atoms with Gasteiger partial charge in [-0.15, -0.1) is 0 Å². The van der Waals surface area contributed by atoms with Gasteiger partial charge < -0.3 is 19.6 Å². The van der Waals surface area contributed by atoms with Crippen molar-refractivity contribution in [2.24, 2.45) is 11.8 Å². The van der Waals surface area contributed by atoms with E-state index >= 15 is 0 Å². The van der Waals surface area contributed by atoms with Crippen LogP contribution >= 0.6 is 0 Å². The first kappa shape index (κ1) is 16.7. The summed E-state index contributed by atoms with van der Waals surface area (Å²) in [6.07, 6.45) is 0. The zero-order chi connectivity index (χ0) is 16.1. The Morgan fingerprint density at radius 2 is 2.14 bits per heavy atom. The minimum atomic E-state index is -0.391. The van der Waals surface area contributed by atoms with Crippen molar-refractivity contribution in [1.29, 1.82) is 0 Å². The number of halogens is 1. The minimum absolute atomic E-state index is 0.0764. The fourth-order valence-corrected chi connectivity index (χ4v) is 2.82. The summed E-state index contributed by atoms with van der Waals surface area (Å²) in [5, 5.41) is 9.46. The van der Waals surface area contributed by atoms with Gasteiger partial charge in [0.2, 0.25) is 0 Å². The number of aliphatic hydroxyl groups excluding tert-OH is 1. The van der Waals surface area contributed by atoms with Gasteiger partial charge in [0.15, 0.2) is 6.61 Å². The van der Waals surface area contributed by atoms with Gasteiger partial charge in [0, 0.05) is 38.2 Å². The van der Waals surface area contributed by atoms with Crippen LogP contribution < -0.4 is 4.74 Å². The Kier molecular flexibility index (Phi) is 5.74. The lowest BCUT2D eigenvalue weighted by molar-refractivity contribution is -0.132. The molecule has 1 aromatic carbocycles. The van der Waals surface area contributed by atoms with E-state index < -0.39 is 5.82 Å². The number of rotatable bonds is 6. The molecular formula is C16H23FN2O3. The Labute approximate surface area is 130 Å². The second-order valence-corrected chi connectivity index (χ2v) is 6.01. The van der Waals surface area contributed by atoms with Gasteiger partial charge in [0.1, 0.15) is 11.6 Å². The van der Waals surface area contributed by atoms with Gasteiger partial charge in [-0.3, -0.25) is 4.79 Å². The van der Waals surface area contributed by atoms with Gasteiger partial charge in [-0.25, -0.2) is 4.39 Å². The SMILES string of the molecule is CN(C)C[C@@H]1CN(C(=O)COc2cccc(F)c2)C[C@@H]1CO. The molecule has 1 N–H and O–H groups in total. The average molecular weight is 310 g/mol. The maximum absolute atomic E-state index is 13.1. The molecule has 1 aromatic rings. The van der Waals surface area contributed by atoms with Crippen LogP contribution in [0.15, 0.2) is 24.3 Å². The maximum Gasteiger partial charge on any atom is 0.260 e. The molecule has 2 atom stereocenters. The number of benzene rings is 1. The monoisotopic (exact) mass is 310 g/mol. The molecule has 122 valence electrons. The normalized spacial score (nSPS) is 21.4. The molecule has 0 radical (unpaired) electrons. The van der Waals surface area contributed by atoms with Crippen molar-refractivity contribution >= 4 is 5.91 Å². The Morgan fingerprint density at radius 1 is 1.41 bits per heavy atom. The molecule has 0 unspecified atom stereocenters. The molecule has 0 aromatic heterocycles. The molecule has 0 aliphatic carbocycles. The first-order valence-electron chi connectivity index (χ1n) is 7.41. The summed E-state index contributed by atoms with van der Waals surface area (Å²) in [4.78, 5) is 16.0. The lowest BCUT2D eigenvalue weighted by Crippen LogP contribution is -2.34. The number of nitrogens with zero attached hydrogens (tertiary/aromatic N) is 2. The van der Waals surface area contributed by atoms with Gasteiger partial charge in [0.05, 0.1) is 0 Å². The third kappa shape index (κ3) is 4.42. The molecule has 1 saturated heterocycles. The largest absolute Gasteiger partial charge is 0.484 e. The number of hydrogen-bond donors (Lipinski definition) is 1. The Hall–Kier alpha value is -1.66. The van der Waals surface area contributed by atoms with Crippen LogP contribution in [0.25, 0.3) is 0 Å². The molecule has 0 bridgehead atoms. The van der Waals surface area contributed by atoms with Crippen LogP contribution in [0.5, 0.6) is 5.75 Å². The quantitative estimate of drug-likeness (QED) is 0.846. The Morgan fingerprint density at radius 3 is 2.77 bits per heavy atom. The second-order valence-electron chi connectivity index (χ2n) is 6.01. The molecule has 1 aliphatic rings. The molecule has 0 saturated carbocycles. The topological polar surface area (TPSA) is 53.0 Å². The van der Waals surface area contributed by atoms with Crippen LogP contribution in [-0.4, -0.2) is 67.8 Å². The smallest absolute Gasteiger partial charge is 0.260 e. The summed E-state index contributed by atoms with van der Waals surface area (Å²) in [5.74, 6) is 0.177. The van der Waals surface area contributed by atoms with Crippen molar-refractivity contribution in [2.75, 3.05) is 46.9 Å². The summed E-state index contributed by atoms with van der Waals surface area (Å²) in [6, 6.07) is 5.74. The van der Waals surface area contributed by atoms with Crippen molar-refractivity contribution in [3.63, 3.8) is 0 Å². The Bertz CT molecular complexity index is 510. The number of carbonyl (C=O) groups excluding carboxylic acids is 1. The lowest BCUT2D eigenvalue weighted by Gasteiger charge is -2.20. The van der Waals surface area contributed by atoms with Crippen molar-refractivity contribution in [3.05, 3.63) is 30.1 Å². The maximum atomic E-state index is 13.1. The van der Waals surface area contributed by atoms with E-state index in [2.05, 4.69) is 4.90 Å². The first-order chi connectivity index (χ1) is 10.5. The Balaban J connectivity index is 1.87. The van der Waals surface area contributed by atoms with Crippen molar-refractivity contribution in [2.45, 2.75) is 0 Å². The third-order valence-electron chi connectivity index (χ3n) is 3.92. The van der Waals surface area contributed by atoms with Crippen molar-refractivity contribution in [3.8, 4) is 5.75 Å². The highest BCUT2D eigenvalue weighted by Crippen LogP contribution is 2.24. The number of hydrogen-bond acceptors (Lipinski definition) is 4. The van der Waals surface area contributed by atoms with Crippen molar-refractivity contribution in [1.82, 2.24) is 9.80 Å². The summed E-state index contributed by atoms with van der Waals surface area (Å²) in [6.45, 7) is 1.96. The van der Waals surface area contributed by atoms with Crippen LogP contribution in [0.3, 0.4) is 0 Å². The molecule has 1 fully saturated rings. The molecule has 5 nitrogen and oxygen atoms in total. The molecule has 0 spiro atoms. The first-order valence-corrected chi connectivity index (χ1v) is 7.41. The van der Waals surface area contributed by atoms with Gasteiger partial charge in [-0.05, 0) is 32.1 Å². The third-order valence-corrected chi connectivity index (χ3v) is 3.92. The van der Waals surface area contributed by atoms with E-state index in [1.807, 2.05) is 14.1 Å². The van der Waals surface area contributed by atoms with E-state index in [0.717, 1.165) is 6.54 Å². The fourth-order valence-electron chi connectivity index (χ4n) is 2.82. The molecule has 22 heavy (non-hydrogen) atoms. The molecule has 1 amide bonds. The summed E-state index contributed by atoms with van der Waals surface area (Å²) >= 11 is 0. The van der Waals surface area contributed by atoms with Gasteiger partial charge in [-0.1, -0.05) is 6.07 Å². The van der Waals surface area contributed by atoms with Crippen LogP contribution in [0.1, 0.15) is 0 Å². The van der Waals surface area contributed by atoms with E-state index in [1.54, 1.807) is 17.0 Å². The number of amides is 1. The predicted molar refractivity (Wildman–Crippen MR) is 81.1 cm³/mol. The van der Waals surface area contributed by atoms with Gasteiger partial charge in [0.25, 0.3) is 5.91 Å². The molecule has 1 aliphatic heterocycles. The van der Waals surface area contributed by atoms with Gasteiger partial charge >= 0.3 is 0 Å². The lowest BCUT2D eigenvalue weighted by atomic mass is 9.97. The molecular weight excluding hydrogens is 287 g/mol. The number of likely N-dealkylation sites (tertiary alicyclic amines) is 1. The van der Waals surface area contributed by atoms with E-state index in [4.69, 9.17) is 4.74 Å². The highest BCUT2D eigenvalue weighted by molar-refractivity contribution is 5.78. The zero-order valence-electron chi connectivity index (χ0n) is 13.0. The van der Waals surface area contributed by atoms with E-state index in [1.165, 1.54) is 12.1 Å². The summed E-state index contributed by atoms with van der Waals surface area (Å²) in [5.41, 5.74) is 0. The predicted octanol–water partition coefficient (Wildman–Crippen LogP) is 0.833. The van der Waals surface area contributed by atoms with E-state index in [9.17, 15) is 14.3 Å². The van der Waals surface area contributed by atoms with Gasteiger partial charge in [-0.2, -0.15) is 0 Å². The molecule has 2 rings (SSSR count). The van der Waals surface area contributed by atoms with E-state index in [-0.39, 0.29) is 31.0 Å². The van der Waals surface area contributed by atoms with E-state index in [0.29, 0.717) is 18.8 Å². The molecule has 1 heterocycles. The second kappa shape index (κ2) is 7.56. The highest BCUT2D eigenvalue weighted by atomic mass is 19.1. The fraction of sp³-hybridized carbons (Fsp3) is 0.562. The van der Waals surface area contributed by atoms with Crippen LogP contribution in [0.2, 0.25) is 0 Å². The number of ether oxygens (including phenoxy) is 1. The average Bonchev–Trinajstić information content (AvgIpc) is 2.87. The summed E-state index contributed by atoms with van der Waals surface area (Å²) < 4.78 is 18.4. The molecule has 6 heteroatoms. The zero-order valence-corrected chi connectivity index (χ0v) is 13.0. The van der Waals surface area contributed by atoms with Crippen LogP contribution in [-0.2, 0) is 4.79 Å². The number of carbonyl (C=O) groups is 1. The van der Waals surface area contributed by atoms with Crippen molar-refractivity contribution < 1.29 is 19.0 Å². The highest BCUT2D eigenvalue weighted by Gasteiger charge is 2.34.